The molecule has 0 spiro atoms. The summed E-state index contributed by atoms with van der Waals surface area (Å²) in [5.41, 5.74) is 0.993. The number of nitrogens with zero attached hydrogens (tertiary/aromatic N) is 4. The lowest BCUT2D eigenvalue weighted by Gasteiger charge is -2.41. The van der Waals surface area contributed by atoms with Gasteiger partial charge in [-0.25, -0.2) is 0 Å². The molecule has 7 heteroatoms. The number of thioether (sulfide) groups is 1. The number of likely N-dealkylation sites (tertiary alicyclic amines) is 2. The number of piperidine rings is 2. The van der Waals surface area contributed by atoms with Gasteiger partial charge in [-0.3, -0.25) is 19.5 Å². The molecule has 3 aliphatic rings. The highest BCUT2D eigenvalue weighted by molar-refractivity contribution is 7.99. The van der Waals surface area contributed by atoms with Crippen molar-refractivity contribution in [2.24, 2.45) is 5.92 Å². The van der Waals surface area contributed by atoms with Crippen LogP contribution in [0, 0.1) is 5.92 Å². The Bertz CT molecular complexity index is 687. The van der Waals surface area contributed by atoms with Crippen molar-refractivity contribution in [1.82, 2.24) is 19.7 Å². The summed E-state index contributed by atoms with van der Waals surface area (Å²) in [7, 11) is 0. The number of amides is 2. The third-order valence-electron chi connectivity index (χ3n) is 6.55. The minimum Gasteiger partial charge on any atom is -0.342 e. The molecule has 29 heavy (non-hydrogen) atoms. The van der Waals surface area contributed by atoms with Crippen molar-refractivity contribution in [3.8, 4) is 0 Å². The van der Waals surface area contributed by atoms with Gasteiger partial charge in [0.2, 0.25) is 11.8 Å². The van der Waals surface area contributed by atoms with Crippen LogP contribution in [0.1, 0.15) is 31.4 Å². The molecule has 4 heterocycles. The highest BCUT2D eigenvalue weighted by Gasteiger charge is 2.35. The number of rotatable bonds is 5. The standard InChI is InChI=1S/C22H32N4O2S/c27-21-5-4-18(17-26(21)10-6-19-3-1-2-9-23-19)22(28)25-11-7-20(8-12-25)24-13-15-29-16-14-24/h1-3,9,18,20H,4-8,10-17H2/t18-/m0/s1. The topological polar surface area (TPSA) is 56.8 Å². The van der Waals surface area contributed by atoms with Gasteiger partial charge >= 0.3 is 0 Å². The summed E-state index contributed by atoms with van der Waals surface area (Å²) >= 11 is 2.05. The molecule has 1 atom stereocenters. The van der Waals surface area contributed by atoms with Crippen LogP contribution in [-0.2, 0) is 16.0 Å². The monoisotopic (exact) mass is 416 g/mol. The quantitative estimate of drug-likeness (QED) is 0.734. The summed E-state index contributed by atoms with van der Waals surface area (Å²) in [4.78, 5) is 36.4. The Hall–Kier alpha value is -1.60. The van der Waals surface area contributed by atoms with Gasteiger partial charge in [-0.15, -0.1) is 0 Å². The molecule has 3 aliphatic heterocycles. The van der Waals surface area contributed by atoms with E-state index in [0.717, 1.165) is 38.0 Å². The Labute approximate surface area is 178 Å². The van der Waals surface area contributed by atoms with E-state index in [9.17, 15) is 9.59 Å². The Morgan fingerprint density at radius 2 is 1.90 bits per heavy atom. The number of hydrogen-bond donors (Lipinski definition) is 0. The third-order valence-corrected chi connectivity index (χ3v) is 7.49. The predicted octanol–water partition coefficient (Wildman–Crippen LogP) is 1.90. The van der Waals surface area contributed by atoms with E-state index in [1.54, 1.807) is 6.20 Å². The lowest BCUT2D eigenvalue weighted by Crippen LogP contribution is -2.52. The van der Waals surface area contributed by atoms with Crippen LogP contribution in [0.3, 0.4) is 0 Å². The second-order valence-electron chi connectivity index (χ2n) is 8.35. The van der Waals surface area contributed by atoms with E-state index >= 15 is 0 Å². The lowest BCUT2D eigenvalue weighted by atomic mass is 9.94. The zero-order valence-electron chi connectivity index (χ0n) is 17.2. The second kappa shape index (κ2) is 9.94. The van der Waals surface area contributed by atoms with Crippen LogP contribution in [0.25, 0.3) is 0 Å². The van der Waals surface area contributed by atoms with E-state index in [1.165, 1.54) is 24.6 Å². The van der Waals surface area contributed by atoms with Gasteiger partial charge in [-0.1, -0.05) is 6.07 Å². The van der Waals surface area contributed by atoms with Crippen LogP contribution in [0.5, 0.6) is 0 Å². The molecule has 0 bridgehead atoms. The zero-order valence-corrected chi connectivity index (χ0v) is 18.0. The van der Waals surface area contributed by atoms with E-state index < -0.39 is 0 Å². The first-order valence-electron chi connectivity index (χ1n) is 11.0. The highest BCUT2D eigenvalue weighted by atomic mass is 32.2. The maximum atomic E-state index is 13.1. The molecule has 3 saturated heterocycles. The van der Waals surface area contributed by atoms with Crippen molar-refractivity contribution >= 4 is 23.6 Å². The van der Waals surface area contributed by atoms with Crippen molar-refractivity contribution < 1.29 is 9.59 Å². The van der Waals surface area contributed by atoms with Crippen LogP contribution < -0.4 is 0 Å². The molecule has 6 nitrogen and oxygen atoms in total. The number of hydrogen-bond acceptors (Lipinski definition) is 5. The smallest absolute Gasteiger partial charge is 0.227 e. The van der Waals surface area contributed by atoms with Crippen molar-refractivity contribution in [3.05, 3.63) is 30.1 Å². The molecular weight excluding hydrogens is 384 g/mol. The first-order chi connectivity index (χ1) is 14.2. The van der Waals surface area contributed by atoms with Gasteiger partial charge in [0.25, 0.3) is 0 Å². The van der Waals surface area contributed by atoms with Crippen LogP contribution in [-0.4, -0.2) is 88.3 Å². The minimum atomic E-state index is -0.0423. The molecule has 1 aromatic heterocycles. The number of carbonyl (C=O) groups is 2. The fraction of sp³-hybridized carbons (Fsp3) is 0.682. The Morgan fingerprint density at radius 1 is 1.10 bits per heavy atom. The Morgan fingerprint density at radius 3 is 2.62 bits per heavy atom. The van der Waals surface area contributed by atoms with Crippen molar-refractivity contribution in [3.63, 3.8) is 0 Å². The van der Waals surface area contributed by atoms with E-state index in [2.05, 4.69) is 14.8 Å². The van der Waals surface area contributed by atoms with Crippen LogP contribution in [0.4, 0.5) is 0 Å². The normalized spacial score (nSPS) is 24.7. The first kappa shape index (κ1) is 20.7. The van der Waals surface area contributed by atoms with E-state index in [4.69, 9.17) is 0 Å². The minimum absolute atomic E-state index is 0.0423. The molecule has 0 unspecified atom stereocenters. The summed E-state index contributed by atoms with van der Waals surface area (Å²) in [5, 5.41) is 0. The van der Waals surface area contributed by atoms with E-state index in [1.807, 2.05) is 34.9 Å². The first-order valence-corrected chi connectivity index (χ1v) is 12.1. The fourth-order valence-electron chi connectivity index (χ4n) is 4.78. The van der Waals surface area contributed by atoms with E-state index in [-0.39, 0.29) is 17.7 Å². The number of pyridine rings is 1. The Kier molecular flexibility index (Phi) is 7.08. The SMILES string of the molecule is O=C1CC[C@H](C(=O)N2CCC(N3CCSCC3)CC2)CN1CCc1ccccn1. The summed E-state index contributed by atoms with van der Waals surface area (Å²) < 4.78 is 0. The summed E-state index contributed by atoms with van der Waals surface area (Å²) in [6, 6.07) is 6.50. The maximum Gasteiger partial charge on any atom is 0.227 e. The van der Waals surface area contributed by atoms with Crippen LogP contribution >= 0.6 is 11.8 Å². The van der Waals surface area contributed by atoms with Crippen LogP contribution in [0.15, 0.2) is 24.4 Å². The second-order valence-corrected chi connectivity index (χ2v) is 9.58. The Balaban J connectivity index is 1.26. The van der Waals surface area contributed by atoms with Gasteiger partial charge in [0.05, 0.1) is 5.92 Å². The zero-order chi connectivity index (χ0) is 20.1. The largest absolute Gasteiger partial charge is 0.342 e. The molecule has 3 fully saturated rings. The lowest BCUT2D eigenvalue weighted by molar-refractivity contribution is -0.144. The van der Waals surface area contributed by atoms with Gasteiger partial charge < -0.3 is 9.80 Å². The molecular formula is C22H32N4O2S. The molecule has 1 aromatic rings. The molecule has 0 radical (unpaired) electrons. The molecule has 0 aliphatic carbocycles. The summed E-state index contributed by atoms with van der Waals surface area (Å²) in [6.45, 7) is 5.33. The summed E-state index contributed by atoms with van der Waals surface area (Å²) in [5.74, 6) is 2.87. The van der Waals surface area contributed by atoms with Crippen LogP contribution in [0.2, 0.25) is 0 Å². The maximum absolute atomic E-state index is 13.1. The van der Waals surface area contributed by atoms with Gasteiger partial charge in [-0.2, -0.15) is 11.8 Å². The van der Waals surface area contributed by atoms with Crippen molar-refractivity contribution in [1.29, 1.82) is 0 Å². The molecule has 4 rings (SSSR count). The van der Waals surface area contributed by atoms with Crippen molar-refractivity contribution in [2.75, 3.05) is 50.8 Å². The number of carbonyl (C=O) groups excluding carboxylic acids is 2. The average Bonchev–Trinajstić information content (AvgIpc) is 2.79. The molecule has 0 N–H and O–H groups in total. The van der Waals surface area contributed by atoms with Gasteiger partial charge in [-0.05, 0) is 31.4 Å². The summed E-state index contributed by atoms with van der Waals surface area (Å²) in [6.07, 6.45) is 5.89. The molecule has 2 amide bonds. The third kappa shape index (κ3) is 5.31. The fourth-order valence-corrected chi connectivity index (χ4v) is 5.71. The highest BCUT2D eigenvalue weighted by Crippen LogP contribution is 2.25. The molecule has 0 saturated carbocycles. The van der Waals surface area contributed by atoms with E-state index in [0.29, 0.717) is 32.0 Å². The number of aromatic nitrogens is 1. The molecule has 0 aromatic carbocycles. The van der Waals surface area contributed by atoms with Gasteiger partial charge in [0.1, 0.15) is 0 Å². The average molecular weight is 417 g/mol. The van der Waals surface area contributed by atoms with Gasteiger partial charge in [0, 0.05) is 81.5 Å². The van der Waals surface area contributed by atoms with Crippen molar-refractivity contribution in [2.45, 2.75) is 38.1 Å². The van der Waals surface area contributed by atoms with Gasteiger partial charge in [0.15, 0.2) is 0 Å². The predicted molar refractivity (Wildman–Crippen MR) is 116 cm³/mol. The molecule has 158 valence electrons.